The maximum absolute atomic E-state index is 12.6. The second-order valence-electron chi connectivity index (χ2n) is 7.65. The molecule has 0 saturated carbocycles. The van der Waals surface area contributed by atoms with E-state index in [1.54, 1.807) is 42.5 Å². The highest BCUT2D eigenvalue weighted by Crippen LogP contribution is 2.26. The third kappa shape index (κ3) is 9.52. The number of carbonyl (C=O) groups is 2. The molecule has 3 N–H and O–H groups in total. The molecule has 0 unspecified atom stereocenters. The summed E-state index contributed by atoms with van der Waals surface area (Å²) >= 11 is 8.73. The molecular formula is C25H32BrN3O3S. The standard InChI is InChI=1S/C25H32BrN3O3S/c1-3-5-7-8-16-32-22-14-11-19(17-21(22)26)24(31)29-25(33)28-20-12-9-18(10-13-20)23(30)27-15-6-4-2/h9-14,17H,3-8,15-16H2,1-2H3,(H,27,30)(H2,28,29,31,33). The number of unbranched alkanes of at least 4 members (excludes halogenated alkanes) is 4. The van der Waals surface area contributed by atoms with E-state index >= 15 is 0 Å². The first-order valence-corrected chi connectivity index (χ1v) is 12.6. The molecule has 178 valence electrons. The maximum atomic E-state index is 12.6. The molecule has 0 aliphatic carbocycles. The second-order valence-corrected chi connectivity index (χ2v) is 8.91. The number of halogens is 1. The van der Waals surface area contributed by atoms with Crippen molar-refractivity contribution in [2.75, 3.05) is 18.5 Å². The monoisotopic (exact) mass is 533 g/mol. The summed E-state index contributed by atoms with van der Waals surface area (Å²) in [6.07, 6.45) is 6.52. The van der Waals surface area contributed by atoms with E-state index in [-0.39, 0.29) is 16.9 Å². The van der Waals surface area contributed by atoms with Crippen molar-refractivity contribution in [2.24, 2.45) is 0 Å². The number of hydrogen-bond donors (Lipinski definition) is 3. The lowest BCUT2D eigenvalue weighted by atomic mass is 10.2. The van der Waals surface area contributed by atoms with Gasteiger partial charge in [0.2, 0.25) is 0 Å². The van der Waals surface area contributed by atoms with Crippen LogP contribution in [0.4, 0.5) is 5.69 Å². The number of nitrogens with one attached hydrogen (secondary N) is 3. The Labute approximate surface area is 210 Å². The number of hydrogen-bond acceptors (Lipinski definition) is 4. The highest BCUT2D eigenvalue weighted by atomic mass is 79.9. The minimum absolute atomic E-state index is 0.107. The average Bonchev–Trinajstić information content (AvgIpc) is 2.80. The fourth-order valence-corrected chi connectivity index (χ4v) is 3.70. The molecule has 0 aliphatic rings. The van der Waals surface area contributed by atoms with E-state index in [2.05, 4.69) is 45.7 Å². The van der Waals surface area contributed by atoms with Gasteiger partial charge in [-0.1, -0.05) is 39.5 Å². The zero-order valence-electron chi connectivity index (χ0n) is 19.2. The molecule has 0 bridgehead atoms. The van der Waals surface area contributed by atoms with Crippen LogP contribution in [0.15, 0.2) is 46.9 Å². The molecule has 8 heteroatoms. The summed E-state index contributed by atoms with van der Waals surface area (Å²) in [6, 6.07) is 12.1. The van der Waals surface area contributed by atoms with Crippen LogP contribution in [0.25, 0.3) is 0 Å². The molecular weight excluding hydrogens is 502 g/mol. The first kappa shape index (κ1) is 26.8. The molecule has 0 fully saturated rings. The van der Waals surface area contributed by atoms with Crippen LogP contribution in [0.3, 0.4) is 0 Å². The SMILES string of the molecule is CCCCCCOc1ccc(C(=O)NC(=S)Nc2ccc(C(=O)NCCCC)cc2)cc1Br. The Morgan fingerprint density at radius 2 is 1.61 bits per heavy atom. The van der Waals surface area contributed by atoms with E-state index in [0.29, 0.717) is 35.7 Å². The van der Waals surface area contributed by atoms with Gasteiger partial charge in [-0.15, -0.1) is 0 Å². The number of benzene rings is 2. The van der Waals surface area contributed by atoms with Crippen LogP contribution in [0.2, 0.25) is 0 Å². The van der Waals surface area contributed by atoms with Gasteiger partial charge in [-0.2, -0.15) is 0 Å². The quantitative estimate of drug-likeness (QED) is 0.228. The molecule has 2 aromatic carbocycles. The predicted molar refractivity (Wildman–Crippen MR) is 141 cm³/mol. The fraction of sp³-hybridized carbons (Fsp3) is 0.400. The number of thiocarbonyl (C=S) groups is 1. The van der Waals surface area contributed by atoms with Crippen LogP contribution in [0.5, 0.6) is 5.75 Å². The van der Waals surface area contributed by atoms with Gasteiger partial charge in [0.1, 0.15) is 5.75 Å². The zero-order chi connectivity index (χ0) is 24.1. The summed E-state index contributed by atoms with van der Waals surface area (Å²) < 4.78 is 6.51. The van der Waals surface area contributed by atoms with Crippen molar-refractivity contribution >= 4 is 50.8 Å². The molecule has 2 amide bonds. The molecule has 0 aromatic heterocycles. The predicted octanol–water partition coefficient (Wildman–Crippen LogP) is 6.06. The lowest BCUT2D eigenvalue weighted by molar-refractivity contribution is 0.0950. The van der Waals surface area contributed by atoms with Crippen LogP contribution < -0.4 is 20.7 Å². The summed E-state index contributed by atoms with van der Waals surface area (Å²) in [5.74, 6) is 0.280. The molecule has 0 heterocycles. The number of anilines is 1. The molecule has 0 spiro atoms. The van der Waals surface area contributed by atoms with Gasteiger partial charge in [0.25, 0.3) is 11.8 Å². The topological polar surface area (TPSA) is 79.5 Å². The van der Waals surface area contributed by atoms with E-state index in [0.717, 1.165) is 30.2 Å². The van der Waals surface area contributed by atoms with Gasteiger partial charge in [-0.25, -0.2) is 0 Å². The summed E-state index contributed by atoms with van der Waals surface area (Å²) in [6.45, 7) is 5.56. The van der Waals surface area contributed by atoms with Crippen molar-refractivity contribution < 1.29 is 14.3 Å². The molecule has 0 atom stereocenters. The smallest absolute Gasteiger partial charge is 0.257 e. The van der Waals surface area contributed by atoms with Gasteiger partial charge in [-0.3, -0.25) is 14.9 Å². The lowest BCUT2D eigenvalue weighted by Gasteiger charge is -2.12. The number of ether oxygens (including phenoxy) is 1. The van der Waals surface area contributed by atoms with Gasteiger partial charge < -0.3 is 15.4 Å². The van der Waals surface area contributed by atoms with E-state index < -0.39 is 0 Å². The third-order valence-electron chi connectivity index (χ3n) is 4.90. The Balaban J connectivity index is 1.84. The average molecular weight is 535 g/mol. The first-order chi connectivity index (χ1) is 15.9. The maximum Gasteiger partial charge on any atom is 0.257 e. The molecule has 0 saturated heterocycles. The van der Waals surface area contributed by atoms with Crippen molar-refractivity contribution in [3.63, 3.8) is 0 Å². The number of amides is 2. The highest BCUT2D eigenvalue weighted by Gasteiger charge is 2.12. The van der Waals surface area contributed by atoms with Gasteiger partial charge in [0.15, 0.2) is 5.11 Å². The normalized spacial score (nSPS) is 10.4. The van der Waals surface area contributed by atoms with Crippen LogP contribution in [0, 0.1) is 0 Å². The van der Waals surface area contributed by atoms with Crippen molar-refractivity contribution in [3.05, 3.63) is 58.1 Å². The fourth-order valence-electron chi connectivity index (χ4n) is 2.99. The van der Waals surface area contributed by atoms with Gasteiger partial charge in [-0.05, 0) is 83.5 Å². The molecule has 0 aliphatic heterocycles. The van der Waals surface area contributed by atoms with Crippen LogP contribution in [-0.2, 0) is 0 Å². The first-order valence-electron chi connectivity index (χ1n) is 11.4. The van der Waals surface area contributed by atoms with E-state index in [4.69, 9.17) is 17.0 Å². The van der Waals surface area contributed by atoms with Crippen LogP contribution in [0.1, 0.15) is 73.1 Å². The lowest BCUT2D eigenvalue weighted by Crippen LogP contribution is -2.34. The second kappa shape index (κ2) is 14.6. The minimum Gasteiger partial charge on any atom is -0.492 e. The summed E-state index contributed by atoms with van der Waals surface area (Å²) in [5.41, 5.74) is 1.71. The Morgan fingerprint density at radius 1 is 0.909 bits per heavy atom. The number of carbonyl (C=O) groups excluding carboxylic acids is 2. The molecule has 2 aromatic rings. The van der Waals surface area contributed by atoms with Crippen molar-refractivity contribution in [2.45, 2.75) is 52.4 Å². The largest absolute Gasteiger partial charge is 0.492 e. The highest BCUT2D eigenvalue weighted by molar-refractivity contribution is 9.10. The molecule has 33 heavy (non-hydrogen) atoms. The van der Waals surface area contributed by atoms with Gasteiger partial charge in [0.05, 0.1) is 11.1 Å². The Morgan fingerprint density at radius 3 is 2.27 bits per heavy atom. The number of rotatable bonds is 12. The summed E-state index contributed by atoms with van der Waals surface area (Å²) in [7, 11) is 0. The Kier molecular flexibility index (Phi) is 11.9. The Hall–Kier alpha value is -2.45. The Bertz CT molecular complexity index is 935. The van der Waals surface area contributed by atoms with Gasteiger partial charge >= 0.3 is 0 Å². The van der Waals surface area contributed by atoms with Crippen molar-refractivity contribution in [1.29, 1.82) is 0 Å². The molecule has 2 rings (SSSR count). The van der Waals surface area contributed by atoms with Crippen LogP contribution >= 0.6 is 28.1 Å². The summed E-state index contributed by atoms with van der Waals surface area (Å²) in [4.78, 5) is 24.6. The van der Waals surface area contributed by atoms with E-state index in [1.165, 1.54) is 12.8 Å². The minimum atomic E-state index is -0.324. The molecule has 0 radical (unpaired) electrons. The van der Waals surface area contributed by atoms with Gasteiger partial charge in [0, 0.05) is 23.4 Å². The molecule has 6 nitrogen and oxygen atoms in total. The van der Waals surface area contributed by atoms with E-state index in [1.807, 2.05) is 0 Å². The zero-order valence-corrected chi connectivity index (χ0v) is 21.6. The van der Waals surface area contributed by atoms with Crippen molar-refractivity contribution in [1.82, 2.24) is 10.6 Å². The third-order valence-corrected chi connectivity index (χ3v) is 5.72. The van der Waals surface area contributed by atoms with Crippen molar-refractivity contribution in [3.8, 4) is 5.75 Å². The van der Waals surface area contributed by atoms with E-state index in [9.17, 15) is 9.59 Å². The summed E-state index contributed by atoms with van der Waals surface area (Å²) in [5, 5.41) is 8.68. The van der Waals surface area contributed by atoms with Crippen LogP contribution in [-0.4, -0.2) is 30.1 Å².